The SMILES string of the molecule is O=C(Nc1ccc2nc(-c3ccccn3)oc2c1)N1CC[C@H](O)C1. The Morgan fingerprint density at radius 2 is 2.25 bits per heavy atom. The molecule has 3 aromatic rings. The van der Waals surface area contributed by atoms with Gasteiger partial charge in [0.25, 0.3) is 0 Å². The molecule has 24 heavy (non-hydrogen) atoms. The van der Waals surface area contributed by atoms with E-state index in [1.807, 2.05) is 18.2 Å². The Morgan fingerprint density at radius 1 is 1.33 bits per heavy atom. The van der Waals surface area contributed by atoms with Crippen molar-refractivity contribution in [2.24, 2.45) is 0 Å². The maximum Gasteiger partial charge on any atom is 0.321 e. The van der Waals surface area contributed by atoms with E-state index in [4.69, 9.17) is 4.42 Å². The molecule has 2 N–H and O–H groups in total. The van der Waals surface area contributed by atoms with Crippen molar-refractivity contribution in [3.05, 3.63) is 42.6 Å². The van der Waals surface area contributed by atoms with Gasteiger partial charge in [-0.1, -0.05) is 6.07 Å². The van der Waals surface area contributed by atoms with E-state index in [0.717, 1.165) is 0 Å². The zero-order chi connectivity index (χ0) is 16.5. The van der Waals surface area contributed by atoms with E-state index < -0.39 is 6.10 Å². The summed E-state index contributed by atoms with van der Waals surface area (Å²) in [5.74, 6) is 0.441. The fraction of sp³-hybridized carbons (Fsp3) is 0.235. The van der Waals surface area contributed by atoms with Crippen LogP contribution in [0.25, 0.3) is 22.7 Å². The van der Waals surface area contributed by atoms with Crippen LogP contribution in [0.15, 0.2) is 47.0 Å². The molecule has 1 aromatic carbocycles. The Bertz CT molecular complexity index is 878. The molecule has 0 bridgehead atoms. The van der Waals surface area contributed by atoms with Crippen LogP contribution in [0.5, 0.6) is 0 Å². The topological polar surface area (TPSA) is 91.5 Å². The molecule has 1 atom stereocenters. The third-order valence-corrected chi connectivity index (χ3v) is 3.97. The number of rotatable bonds is 2. The number of fused-ring (bicyclic) bond motifs is 1. The Balaban J connectivity index is 1.56. The average molecular weight is 324 g/mol. The summed E-state index contributed by atoms with van der Waals surface area (Å²) >= 11 is 0. The third kappa shape index (κ3) is 2.81. The molecule has 3 heterocycles. The van der Waals surface area contributed by atoms with Crippen molar-refractivity contribution in [3.63, 3.8) is 0 Å². The van der Waals surface area contributed by atoms with Crippen LogP contribution in [0.3, 0.4) is 0 Å². The normalized spacial score (nSPS) is 17.4. The highest BCUT2D eigenvalue weighted by atomic mass is 16.3. The molecule has 0 aliphatic carbocycles. The second-order valence-corrected chi connectivity index (χ2v) is 5.74. The molecular weight excluding hydrogens is 308 g/mol. The zero-order valence-electron chi connectivity index (χ0n) is 12.8. The lowest BCUT2D eigenvalue weighted by atomic mass is 10.3. The molecule has 0 spiro atoms. The smallest absolute Gasteiger partial charge is 0.321 e. The lowest BCUT2D eigenvalue weighted by Gasteiger charge is -2.16. The van der Waals surface area contributed by atoms with Crippen molar-refractivity contribution in [1.82, 2.24) is 14.9 Å². The number of pyridine rings is 1. The van der Waals surface area contributed by atoms with Gasteiger partial charge in [-0.05, 0) is 30.7 Å². The van der Waals surface area contributed by atoms with Crippen LogP contribution in [0.2, 0.25) is 0 Å². The van der Waals surface area contributed by atoms with Gasteiger partial charge in [-0.3, -0.25) is 4.98 Å². The van der Waals surface area contributed by atoms with Crippen molar-refractivity contribution in [3.8, 4) is 11.6 Å². The lowest BCUT2D eigenvalue weighted by Crippen LogP contribution is -2.33. The van der Waals surface area contributed by atoms with Crippen molar-refractivity contribution < 1.29 is 14.3 Å². The molecular formula is C17H16N4O3. The molecule has 1 aliphatic heterocycles. The predicted molar refractivity (Wildman–Crippen MR) is 88.5 cm³/mol. The number of carbonyl (C=O) groups excluding carboxylic acids is 1. The maximum absolute atomic E-state index is 12.2. The summed E-state index contributed by atoms with van der Waals surface area (Å²) in [6.07, 6.45) is 1.86. The zero-order valence-corrected chi connectivity index (χ0v) is 12.8. The number of nitrogens with one attached hydrogen (secondary N) is 1. The van der Waals surface area contributed by atoms with Crippen LogP contribution in [0.1, 0.15) is 6.42 Å². The molecule has 0 unspecified atom stereocenters. The molecule has 1 fully saturated rings. The molecule has 0 saturated carbocycles. The van der Waals surface area contributed by atoms with Crippen LogP contribution >= 0.6 is 0 Å². The number of aromatic nitrogens is 2. The number of amides is 2. The van der Waals surface area contributed by atoms with Crippen molar-refractivity contribution in [2.45, 2.75) is 12.5 Å². The number of benzene rings is 1. The highest BCUT2D eigenvalue weighted by Crippen LogP contribution is 2.25. The Morgan fingerprint density at radius 3 is 3.00 bits per heavy atom. The molecule has 7 nitrogen and oxygen atoms in total. The van der Waals surface area contributed by atoms with Crippen LogP contribution in [-0.4, -0.2) is 45.2 Å². The summed E-state index contributed by atoms with van der Waals surface area (Å²) in [7, 11) is 0. The minimum Gasteiger partial charge on any atom is -0.435 e. The van der Waals surface area contributed by atoms with E-state index in [0.29, 0.717) is 47.9 Å². The number of aliphatic hydroxyl groups is 1. The van der Waals surface area contributed by atoms with E-state index in [-0.39, 0.29) is 6.03 Å². The number of hydrogen-bond acceptors (Lipinski definition) is 5. The standard InChI is InChI=1S/C17H16N4O3/c22-12-6-8-21(10-12)17(23)19-11-4-5-13-15(9-11)24-16(20-13)14-3-1-2-7-18-14/h1-5,7,9,12,22H,6,8,10H2,(H,19,23)/t12-/m0/s1. The second-order valence-electron chi connectivity index (χ2n) is 5.74. The Kier molecular flexibility index (Phi) is 3.62. The predicted octanol–water partition coefficient (Wildman–Crippen LogP) is 2.49. The summed E-state index contributed by atoms with van der Waals surface area (Å²) in [6.45, 7) is 0.918. The average Bonchev–Trinajstić information content (AvgIpc) is 3.21. The number of urea groups is 1. The summed E-state index contributed by atoms with van der Waals surface area (Å²) < 4.78 is 5.74. The summed E-state index contributed by atoms with van der Waals surface area (Å²) in [4.78, 5) is 22.4. The molecule has 4 rings (SSSR count). The van der Waals surface area contributed by atoms with Crippen molar-refractivity contribution >= 4 is 22.8 Å². The number of oxazole rings is 1. The summed E-state index contributed by atoms with van der Waals surface area (Å²) in [5.41, 5.74) is 2.56. The molecule has 0 radical (unpaired) electrons. The fourth-order valence-corrected chi connectivity index (χ4v) is 2.73. The highest BCUT2D eigenvalue weighted by molar-refractivity contribution is 5.92. The molecule has 1 aliphatic rings. The van der Waals surface area contributed by atoms with E-state index in [2.05, 4.69) is 15.3 Å². The first-order chi connectivity index (χ1) is 11.7. The van der Waals surface area contributed by atoms with Crippen LogP contribution in [-0.2, 0) is 0 Å². The largest absolute Gasteiger partial charge is 0.435 e. The second kappa shape index (κ2) is 5.93. The lowest BCUT2D eigenvalue weighted by molar-refractivity contribution is 0.176. The van der Waals surface area contributed by atoms with Gasteiger partial charge < -0.3 is 19.7 Å². The monoisotopic (exact) mass is 324 g/mol. The van der Waals surface area contributed by atoms with E-state index in [1.165, 1.54) is 0 Å². The number of carbonyl (C=O) groups is 1. The van der Waals surface area contributed by atoms with Crippen LogP contribution < -0.4 is 5.32 Å². The number of likely N-dealkylation sites (tertiary alicyclic amines) is 1. The first kappa shape index (κ1) is 14.6. The number of aliphatic hydroxyl groups excluding tert-OH is 1. The first-order valence-corrected chi connectivity index (χ1v) is 7.75. The van der Waals surface area contributed by atoms with Gasteiger partial charge in [0.2, 0.25) is 5.89 Å². The summed E-state index contributed by atoms with van der Waals surface area (Å²) in [6, 6.07) is 10.6. The molecule has 122 valence electrons. The summed E-state index contributed by atoms with van der Waals surface area (Å²) in [5, 5.41) is 12.3. The van der Waals surface area contributed by atoms with E-state index in [9.17, 15) is 9.90 Å². The number of nitrogens with zero attached hydrogens (tertiary/aromatic N) is 3. The van der Waals surface area contributed by atoms with Crippen molar-refractivity contribution in [2.75, 3.05) is 18.4 Å². The van der Waals surface area contributed by atoms with Gasteiger partial charge in [0, 0.05) is 31.0 Å². The van der Waals surface area contributed by atoms with Crippen LogP contribution in [0.4, 0.5) is 10.5 Å². The quantitative estimate of drug-likeness (QED) is 0.755. The van der Waals surface area contributed by atoms with E-state index >= 15 is 0 Å². The minimum atomic E-state index is -0.437. The van der Waals surface area contributed by atoms with E-state index in [1.54, 1.807) is 29.3 Å². The first-order valence-electron chi connectivity index (χ1n) is 7.75. The van der Waals surface area contributed by atoms with Gasteiger partial charge in [-0.2, -0.15) is 0 Å². The van der Waals surface area contributed by atoms with Gasteiger partial charge in [0.05, 0.1) is 6.10 Å². The van der Waals surface area contributed by atoms with Gasteiger partial charge in [0.1, 0.15) is 11.2 Å². The Labute approximate surface area is 137 Å². The van der Waals surface area contributed by atoms with Crippen molar-refractivity contribution in [1.29, 1.82) is 0 Å². The maximum atomic E-state index is 12.2. The number of β-amino-alcohol motifs (C(OH)–C–C–N with tert-alkyl or cyclic N) is 1. The molecule has 2 amide bonds. The number of hydrogen-bond donors (Lipinski definition) is 2. The van der Waals surface area contributed by atoms with Gasteiger partial charge in [-0.15, -0.1) is 0 Å². The third-order valence-electron chi connectivity index (χ3n) is 3.97. The minimum absolute atomic E-state index is 0.227. The van der Waals surface area contributed by atoms with Gasteiger partial charge >= 0.3 is 6.03 Å². The van der Waals surface area contributed by atoms with Gasteiger partial charge in [-0.25, -0.2) is 9.78 Å². The highest BCUT2D eigenvalue weighted by Gasteiger charge is 2.24. The Hall–Kier alpha value is -2.93. The van der Waals surface area contributed by atoms with Gasteiger partial charge in [0.15, 0.2) is 5.58 Å². The fourth-order valence-electron chi connectivity index (χ4n) is 2.73. The molecule has 1 saturated heterocycles. The molecule has 2 aromatic heterocycles. The molecule has 7 heteroatoms. The number of anilines is 1. The van der Waals surface area contributed by atoms with Crippen LogP contribution in [0, 0.1) is 0 Å².